The van der Waals surface area contributed by atoms with Gasteiger partial charge in [-0.05, 0) is 32.1 Å². The van der Waals surface area contributed by atoms with Crippen molar-refractivity contribution in [2.45, 2.75) is 56.7 Å². The summed E-state index contributed by atoms with van der Waals surface area (Å²) in [6, 6.07) is 0. The van der Waals surface area contributed by atoms with Gasteiger partial charge in [0.15, 0.2) is 0 Å². The quantitative estimate of drug-likeness (QED) is 0.814. The van der Waals surface area contributed by atoms with Gasteiger partial charge in [-0.15, -0.1) is 0 Å². The van der Waals surface area contributed by atoms with Crippen LogP contribution in [0.3, 0.4) is 0 Å². The maximum atomic E-state index is 12.4. The number of alkyl halides is 3. The SMILES string of the molecule is O=C(NC1(C(=O)O)CCCC12CCCC2)C(F)(F)F. The number of halogens is 3. The first-order chi connectivity index (χ1) is 8.74. The minimum absolute atomic E-state index is 0.0736. The number of hydrogen-bond donors (Lipinski definition) is 2. The Labute approximate surface area is 108 Å². The van der Waals surface area contributed by atoms with E-state index in [-0.39, 0.29) is 6.42 Å². The van der Waals surface area contributed by atoms with Gasteiger partial charge in [0, 0.05) is 5.41 Å². The van der Waals surface area contributed by atoms with Crippen LogP contribution in [0.15, 0.2) is 0 Å². The second-order valence-corrected chi connectivity index (χ2v) is 5.50. The molecule has 2 saturated carbocycles. The number of carbonyl (C=O) groups excluding carboxylic acids is 1. The van der Waals surface area contributed by atoms with Crippen LogP contribution in [-0.4, -0.2) is 28.7 Å². The highest BCUT2D eigenvalue weighted by atomic mass is 19.4. The molecule has 1 unspecified atom stereocenters. The molecule has 0 heterocycles. The largest absolute Gasteiger partial charge is 0.479 e. The molecule has 1 amide bonds. The average Bonchev–Trinajstić information content (AvgIpc) is 2.88. The molecule has 0 aliphatic heterocycles. The fraction of sp³-hybridized carbons (Fsp3) is 0.833. The summed E-state index contributed by atoms with van der Waals surface area (Å²) in [7, 11) is 0. The van der Waals surface area contributed by atoms with Gasteiger partial charge in [0.05, 0.1) is 0 Å². The lowest BCUT2D eigenvalue weighted by molar-refractivity contribution is -0.180. The molecule has 2 aliphatic carbocycles. The first-order valence-electron chi connectivity index (χ1n) is 6.36. The van der Waals surface area contributed by atoms with Gasteiger partial charge in [-0.3, -0.25) is 4.79 Å². The molecule has 0 aromatic carbocycles. The first kappa shape index (κ1) is 14.1. The molecule has 0 saturated heterocycles. The standard InChI is InChI=1S/C12H16F3NO3/c13-12(14,15)8(17)16-11(9(18)19)7-3-6-10(11)4-1-2-5-10/h1-7H2,(H,16,17)(H,18,19). The Morgan fingerprint density at radius 1 is 1.00 bits per heavy atom. The third-order valence-electron chi connectivity index (χ3n) is 4.62. The molecule has 19 heavy (non-hydrogen) atoms. The van der Waals surface area contributed by atoms with Crippen molar-refractivity contribution >= 4 is 11.9 Å². The second-order valence-electron chi connectivity index (χ2n) is 5.50. The van der Waals surface area contributed by atoms with E-state index in [0.29, 0.717) is 25.7 Å². The van der Waals surface area contributed by atoms with Gasteiger partial charge in [-0.25, -0.2) is 4.79 Å². The summed E-state index contributed by atoms with van der Waals surface area (Å²) in [5.74, 6) is -3.49. The van der Waals surface area contributed by atoms with Crippen molar-refractivity contribution in [3.05, 3.63) is 0 Å². The maximum Gasteiger partial charge on any atom is 0.471 e. The molecule has 2 fully saturated rings. The van der Waals surface area contributed by atoms with E-state index < -0.39 is 29.0 Å². The zero-order valence-electron chi connectivity index (χ0n) is 10.3. The maximum absolute atomic E-state index is 12.4. The van der Waals surface area contributed by atoms with E-state index in [1.807, 2.05) is 0 Å². The van der Waals surface area contributed by atoms with Crippen LogP contribution in [-0.2, 0) is 9.59 Å². The Kier molecular flexibility index (Phi) is 3.26. The van der Waals surface area contributed by atoms with Crippen molar-refractivity contribution in [1.29, 1.82) is 0 Å². The van der Waals surface area contributed by atoms with Crippen LogP contribution in [0.2, 0.25) is 0 Å². The summed E-state index contributed by atoms with van der Waals surface area (Å²) < 4.78 is 37.2. The minimum Gasteiger partial charge on any atom is -0.479 e. The molecule has 2 aliphatic rings. The Balaban J connectivity index is 2.33. The molecule has 2 rings (SSSR count). The van der Waals surface area contributed by atoms with E-state index in [4.69, 9.17) is 0 Å². The molecule has 0 aromatic heterocycles. The third kappa shape index (κ3) is 2.08. The van der Waals surface area contributed by atoms with E-state index >= 15 is 0 Å². The molecule has 1 spiro atoms. The molecule has 7 heteroatoms. The van der Waals surface area contributed by atoms with Crippen LogP contribution >= 0.6 is 0 Å². The predicted octanol–water partition coefficient (Wildman–Crippen LogP) is 2.23. The van der Waals surface area contributed by atoms with Crippen molar-refractivity contribution in [3.8, 4) is 0 Å². The fourth-order valence-electron chi connectivity index (χ4n) is 3.75. The highest BCUT2D eigenvalue weighted by Crippen LogP contribution is 2.56. The number of carbonyl (C=O) groups is 2. The summed E-state index contributed by atoms with van der Waals surface area (Å²) in [6.07, 6.45) is -1.14. The van der Waals surface area contributed by atoms with Gasteiger partial charge in [-0.1, -0.05) is 12.8 Å². The lowest BCUT2D eigenvalue weighted by Gasteiger charge is -2.41. The minimum atomic E-state index is -5.05. The highest BCUT2D eigenvalue weighted by Gasteiger charge is 2.62. The zero-order valence-corrected chi connectivity index (χ0v) is 10.3. The van der Waals surface area contributed by atoms with Gasteiger partial charge in [-0.2, -0.15) is 13.2 Å². The molecule has 0 bridgehead atoms. The predicted molar refractivity (Wildman–Crippen MR) is 59.3 cm³/mol. The van der Waals surface area contributed by atoms with Crippen LogP contribution < -0.4 is 5.32 Å². The molecule has 108 valence electrons. The van der Waals surface area contributed by atoms with Crippen molar-refractivity contribution in [2.24, 2.45) is 5.41 Å². The summed E-state index contributed by atoms with van der Waals surface area (Å²) in [6.45, 7) is 0. The lowest BCUT2D eigenvalue weighted by atomic mass is 9.70. The fourth-order valence-corrected chi connectivity index (χ4v) is 3.75. The molecule has 2 N–H and O–H groups in total. The van der Waals surface area contributed by atoms with Crippen molar-refractivity contribution in [2.75, 3.05) is 0 Å². The van der Waals surface area contributed by atoms with Crippen molar-refractivity contribution in [3.63, 3.8) is 0 Å². The van der Waals surface area contributed by atoms with Gasteiger partial charge in [0.1, 0.15) is 5.54 Å². The van der Waals surface area contributed by atoms with E-state index in [2.05, 4.69) is 0 Å². The highest BCUT2D eigenvalue weighted by molar-refractivity contribution is 5.90. The number of aliphatic carboxylic acids is 1. The lowest BCUT2D eigenvalue weighted by Crippen LogP contribution is -2.63. The third-order valence-corrected chi connectivity index (χ3v) is 4.62. The van der Waals surface area contributed by atoms with Crippen LogP contribution in [0.25, 0.3) is 0 Å². The van der Waals surface area contributed by atoms with Crippen LogP contribution in [0.5, 0.6) is 0 Å². The van der Waals surface area contributed by atoms with Gasteiger partial charge >= 0.3 is 18.1 Å². The summed E-state index contributed by atoms with van der Waals surface area (Å²) >= 11 is 0. The molecule has 4 nitrogen and oxygen atoms in total. The second kappa shape index (κ2) is 4.38. The van der Waals surface area contributed by atoms with Crippen molar-refractivity contribution in [1.82, 2.24) is 5.32 Å². The molecular formula is C12H16F3NO3. The molecule has 0 aromatic rings. The van der Waals surface area contributed by atoms with Crippen molar-refractivity contribution < 1.29 is 27.9 Å². The topological polar surface area (TPSA) is 66.4 Å². The number of carboxylic acid groups (broad SMARTS) is 1. The first-order valence-corrected chi connectivity index (χ1v) is 6.36. The van der Waals surface area contributed by atoms with Gasteiger partial charge in [0.2, 0.25) is 0 Å². The molecule has 1 atom stereocenters. The Morgan fingerprint density at radius 2 is 1.53 bits per heavy atom. The van der Waals surface area contributed by atoms with E-state index in [0.717, 1.165) is 12.8 Å². The smallest absolute Gasteiger partial charge is 0.471 e. The number of hydrogen-bond acceptors (Lipinski definition) is 2. The van der Waals surface area contributed by atoms with E-state index in [1.54, 1.807) is 5.32 Å². The number of amides is 1. The van der Waals surface area contributed by atoms with Crippen LogP contribution in [0.1, 0.15) is 44.9 Å². The van der Waals surface area contributed by atoms with Gasteiger partial charge in [0.25, 0.3) is 0 Å². The van der Waals surface area contributed by atoms with E-state index in [9.17, 15) is 27.9 Å². The number of rotatable bonds is 2. The average molecular weight is 279 g/mol. The zero-order chi connectivity index (χ0) is 14.3. The number of nitrogens with one attached hydrogen (secondary N) is 1. The summed E-state index contributed by atoms with van der Waals surface area (Å²) in [4.78, 5) is 22.7. The number of carboxylic acids is 1. The molecular weight excluding hydrogens is 263 g/mol. The van der Waals surface area contributed by atoms with E-state index in [1.165, 1.54) is 0 Å². The Hall–Kier alpha value is -1.27. The summed E-state index contributed by atoms with van der Waals surface area (Å²) in [5, 5.41) is 11.2. The summed E-state index contributed by atoms with van der Waals surface area (Å²) in [5.41, 5.74) is -2.46. The Bertz CT molecular complexity index is 396. The Morgan fingerprint density at radius 3 is 2.00 bits per heavy atom. The van der Waals surface area contributed by atoms with Crippen LogP contribution in [0, 0.1) is 5.41 Å². The van der Waals surface area contributed by atoms with Crippen LogP contribution in [0.4, 0.5) is 13.2 Å². The molecule has 0 radical (unpaired) electrons. The normalized spacial score (nSPS) is 29.6. The monoisotopic (exact) mass is 279 g/mol. The van der Waals surface area contributed by atoms with Gasteiger partial charge < -0.3 is 10.4 Å².